The van der Waals surface area contributed by atoms with Crippen LogP contribution >= 0.6 is 12.4 Å². The fourth-order valence-corrected chi connectivity index (χ4v) is 1.32. The van der Waals surface area contributed by atoms with E-state index in [-0.39, 0.29) is 23.9 Å². The number of carbonyl (C=O) groups excluding carboxylic acids is 1. The summed E-state index contributed by atoms with van der Waals surface area (Å²) in [6.45, 7) is 8.45. The SMILES string of the molecule is CC(C)(C)N1CCNCC1=O.Cl. The van der Waals surface area contributed by atoms with E-state index < -0.39 is 0 Å². The lowest BCUT2D eigenvalue weighted by Gasteiger charge is -2.38. The van der Waals surface area contributed by atoms with E-state index in [1.165, 1.54) is 0 Å². The minimum absolute atomic E-state index is 0. The van der Waals surface area contributed by atoms with E-state index in [0.717, 1.165) is 13.1 Å². The predicted octanol–water partition coefficient (Wildman–Crippen LogP) is 0.638. The van der Waals surface area contributed by atoms with Crippen LogP contribution in [0.4, 0.5) is 0 Å². The zero-order chi connectivity index (χ0) is 8.48. The lowest BCUT2D eigenvalue weighted by molar-refractivity contribution is -0.136. The molecular weight excluding hydrogens is 176 g/mol. The highest BCUT2D eigenvalue weighted by Crippen LogP contribution is 2.13. The molecule has 0 aromatic heterocycles. The molecule has 72 valence electrons. The number of hydrogen-bond donors (Lipinski definition) is 1. The average Bonchev–Trinajstić information content (AvgIpc) is 1.86. The molecule has 0 aromatic carbocycles. The van der Waals surface area contributed by atoms with Crippen LogP contribution in [0, 0.1) is 0 Å². The van der Waals surface area contributed by atoms with E-state index >= 15 is 0 Å². The number of hydrogen-bond acceptors (Lipinski definition) is 2. The zero-order valence-electron chi connectivity index (χ0n) is 7.89. The van der Waals surface area contributed by atoms with Crippen LogP contribution in [-0.4, -0.2) is 36.0 Å². The molecule has 0 unspecified atom stereocenters. The van der Waals surface area contributed by atoms with Crippen molar-refractivity contribution in [3.05, 3.63) is 0 Å². The summed E-state index contributed by atoms with van der Waals surface area (Å²) in [7, 11) is 0. The number of nitrogens with zero attached hydrogens (tertiary/aromatic N) is 1. The second kappa shape index (κ2) is 4.10. The molecule has 1 heterocycles. The third-order valence-corrected chi connectivity index (χ3v) is 1.90. The maximum atomic E-state index is 11.3. The Bertz CT molecular complexity index is 165. The third kappa shape index (κ3) is 2.64. The molecule has 0 saturated carbocycles. The van der Waals surface area contributed by atoms with Crippen molar-refractivity contribution in [2.75, 3.05) is 19.6 Å². The molecule has 1 aliphatic rings. The summed E-state index contributed by atoms with van der Waals surface area (Å²) >= 11 is 0. The van der Waals surface area contributed by atoms with Crippen molar-refractivity contribution in [3.8, 4) is 0 Å². The Morgan fingerprint density at radius 3 is 2.33 bits per heavy atom. The molecule has 12 heavy (non-hydrogen) atoms. The third-order valence-electron chi connectivity index (χ3n) is 1.90. The minimum Gasteiger partial charge on any atom is -0.335 e. The van der Waals surface area contributed by atoms with Gasteiger partial charge in [-0.2, -0.15) is 0 Å². The van der Waals surface area contributed by atoms with E-state index in [0.29, 0.717) is 6.54 Å². The molecule has 0 radical (unpaired) electrons. The molecular formula is C8H17ClN2O. The molecule has 1 aliphatic heterocycles. The molecule has 1 rings (SSSR count). The zero-order valence-corrected chi connectivity index (χ0v) is 8.70. The molecule has 0 aromatic rings. The fourth-order valence-electron chi connectivity index (χ4n) is 1.32. The summed E-state index contributed by atoms with van der Waals surface area (Å²) in [6, 6.07) is 0. The maximum Gasteiger partial charge on any atom is 0.237 e. The molecule has 1 fully saturated rings. The lowest BCUT2D eigenvalue weighted by Crippen LogP contribution is -2.55. The molecule has 0 aliphatic carbocycles. The number of rotatable bonds is 0. The van der Waals surface area contributed by atoms with Crippen LogP contribution in [-0.2, 0) is 4.79 Å². The first-order chi connectivity index (χ1) is 5.02. The van der Waals surface area contributed by atoms with Crippen LogP contribution in [0.5, 0.6) is 0 Å². The summed E-state index contributed by atoms with van der Waals surface area (Å²) in [4.78, 5) is 13.2. The van der Waals surface area contributed by atoms with Gasteiger partial charge in [0.15, 0.2) is 0 Å². The van der Waals surface area contributed by atoms with Gasteiger partial charge in [-0.1, -0.05) is 0 Å². The second-order valence-corrected chi connectivity index (χ2v) is 3.89. The van der Waals surface area contributed by atoms with Crippen LogP contribution < -0.4 is 5.32 Å². The first kappa shape index (κ1) is 11.7. The normalized spacial score (nSPS) is 18.9. The van der Waals surface area contributed by atoms with Gasteiger partial charge in [-0.05, 0) is 20.8 Å². The quantitative estimate of drug-likeness (QED) is 0.611. The second-order valence-electron chi connectivity index (χ2n) is 3.89. The van der Waals surface area contributed by atoms with Gasteiger partial charge in [0.1, 0.15) is 0 Å². The number of carbonyl (C=O) groups is 1. The molecule has 0 bridgehead atoms. The van der Waals surface area contributed by atoms with Gasteiger partial charge in [0.25, 0.3) is 0 Å². The van der Waals surface area contributed by atoms with Crippen LogP contribution in [0.1, 0.15) is 20.8 Å². The monoisotopic (exact) mass is 192 g/mol. The van der Waals surface area contributed by atoms with Crippen LogP contribution in [0.15, 0.2) is 0 Å². The van der Waals surface area contributed by atoms with Crippen molar-refractivity contribution in [1.82, 2.24) is 10.2 Å². The van der Waals surface area contributed by atoms with E-state index in [9.17, 15) is 4.79 Å². The molecule has 4 heteroatoms. The van der Waals surface area contributed by atoms with E-state index in [1.54, 1.807) is 0 Å². The minimum atomic E-state index is -0.0147. The van der Waals surface area contributed by atoms with Crippen molar-refractivity contribution in [2.45, 2.75) is 26.3 Å². The standard InChI is InChI=1S/C8H16N2O.ClH/c1-8(2,3)10-5-4-9-6-7(10)11;/h9H,4-6H2,1-3H3;1H. The Labute approximate surface area is 79.9 Å². The van der Waals surface area contributed by atoms with Crippen LogP contribution in [0.2, 0.25) is 0 Å². The van der Waals surface area contributed by atoms with E-state index in [1.807, 2.05) is 4.90 Å². The summed E-state index contributed by atoms with van der Waals surface area (Å²) in [5.74, 6) is 0.212. The number of piperazine rings is 1. The van der Waals surface area contributed by atoms with Gasteiger partial charge < -0.3 is 10.2 Å². The Kier molecular flexibility index (Phi) is 4.00. The molecule has 1 amide bonds. The van der Waals surface area contributed by atoms with Gasteiger partial charge in [-0.3, -0.25) is 4.79 Å². The lowest BCUT2D eigenvalue weighted by atomic mass is 10.1. The van der Waals surface area contributed by atoms with E-state index in [4.69, 9.17) is 0 Å². The van der Waals surface area contributed by atoms with Crippen molar-refractivity contribution < 1.29 is 4.79 Å². The van der Waals surface area contributed by atoms with Crippen molar-refractivity contribution in [1.29, 1.82) is 0 Å². The van der Waals surface area contributed by atoms with Crippen molar-refractivity contribution in [2.24, 2.45) is 0 Å². The largest absolute Gasteiger partial charge is 0.335 e. The Morgan fingerprint density at radius 2 is 2.00 bits per heavy atom. The number of nitrogens with one attached hydrogen (secondary N) is 1. The highest BCUT2D eigenvalue weighted by Gasteiger charge is 2.27. The highest BCUT2D eigenvalue weighted by molar-refractivity contribution is 5.85. The summed E-state index contributed by atoms with van der Waals surface area (Å²) in [5.41, 5.74) is -0.0147. The molecule has 0 atom stereocenters. The van der Waals surface area contributed by atoms with Gasteiger partial charge in [0.05, 0.1) is 6.54 Å². The first-order valence-electron chi connectivity index (χ1n) is 4.03. The number of amides is 1. The topological polar surface area (TPSA) is 32.3 Å². The van der Waals surface area contributed by atoms with Crippen LogP contribution in [0.25, 0.3) is 0 Å². The Morgan fingerprint density at radius 1 is 1.42 bits per heavy atom. The smallest absolute Gasteiger partial charge is 0.237 e. The van der Waals surface area contributed by atoms with E-state index in [2.05, 4.69) is 26.1 Å². The summed E-state index contributed by atoms with van der Waals surface area (Å²) in [6.07, 6.45) is 0. The molecule has 0 spiro atoms. The van der Waals surface area contributed by atoms with Crippen molar-refractivity contribution in [3.63, 3.8) is 0 Å². The molecule has 1 saturated heterocycles. The Hall–Kier alpha value is -0.280. The summed E-state index contributed by atoms with van der Waals surface area (Å²) in [5, 5.41) is 3.05. The maximum absolute atomic E-state index is 11.3. The fraction of sp³-hybridized carbons (Fsp3) is 0.875. The van der Waals surface area contributed by atoms with Gasteiger partial charge >= 0.3 is 0 Å². The van der Waals surface area contributed by atoms with Crippen molar-refractivity contribution >= 4 is 18.3 Å². The average molecular weight is 193 g/mol. The first-order valence-corrected chi connectivity index (χ1v) is 4.03. The van der Waals surface area contributed by atoms with Crippen LogP contribution in [0.3, 0.4) is 0 Å². The molecule has 3 nitrogen and oxygen atoms in total. The summed E-state index contributed by atoms with van der Waals surface area (Å²) < 4.78 is 0. The van der Waals surface area contributed by atoms with Gasteiger partial charge in [-0.15, -0.1) is 12.4 Å². The van der Waals surface area contributed by atoms with Gasteiger partial charge in [0, 0.05) is 18.6 Å². The molecule has 1 N–H and O–H groups in total. The highest BCUT2D eigenvalue weighted by atomic mass is 35.5. The predicted molar refractivity (Wildman–Crippen MR) is 51.6 cm³/mol. The van der Waals surface area contributed by atoms with Gasteiger partial charge in [0.2, 0.25) is 5.91 Å². The Balaban J connectivity index is 0.00000121. The number of halogens is 1. The van der Waals surface area contributed by atoms with Gasteiger partial charge in [-0.25, -0.2) is 0 Å².